The van der Waals surface area contributed by atoms with Gasteiger partial charge in [0.15, 0.2) is 15.7 Å². The lowest BCUT2D eigenvalue weighted by Gasteiger charge is -2.20. The van der Waals surface area contributed by atoms with Crippen molar-refractivity contribution in [1.29, 1.82) is 0 Å². The Labute approximate surface area is 95.3 Å². The summed E-state index contributed by atoms with van der Waals surface area (Å²) in [5.74, 6) is 0.367. The van der Waals surface area contributed by atoms with Crippen LogP contribution in [0, 0.1) is 0 Å². The number of nitrogen functional groups attached to an aromatic ring is 1. The lowest BCUT2D eigenvalue weighted by molar-refractivity contribution is 0.431. The highest BCUT2D eigenvalue weighted by molar-refractivity contribution is 7.91. The van der Waals surface area contributed by atoms with Crippen molar-refractivity contribution < 1.29 is 8.42 Å². The van der Waals surface area contributed by atoms with Gasteiger partial charge in [0.05, 0.1) is 5.69 Å². The average Bonchev–Trinajstić information content (AvgIpc) is 2.61. The van der Waals surface area contributed by atoms with Gasteiger partial charge >= 0.3 is 0 Å². The van der Waals surface area contributed by atoms with E-state index in [2.05, 4.69) is 10.2 Å². The minimum atomic E-state index is -3.29. The smallest absolute Gasteiger partial charge is 0.181 e. The second-order valence-corrected chi connectivity index (χ2v) is 6.41. The van der Waals surface area contributed by atoms with E-state index < -0.39 is 9.84 Å². The zero-order valence-electron chi connectivity index (χ0n) is 9.36. The molecule has 0 aliphatic heterocycles. The van der Waals surface area contributed by atoms with Crippen molar-refractivity contribution >= 4 is 15.7 Å². The van der Waals surface area contributed by atoms with Crippen LogP contribution in [0.3, 0.4) is 0 Å². The number of hydrogen-bond acceptors (Lipinski definition) is 4. The molecule has 1 aliphatic carbocycles. The van der Waals surface area contributed by atoms with Crippen molar-refractivity contribution in [3.8, 4) is 0 Å². The Morgan fingerprint density at radius 2 is 1.94 bits per heavy atom. The quantitative estimate of drug-likeness (QED) is 0.822. The number of aromatic nitrogens is 2. The van der Waals surface area contributed by atoms with Gasteiger partial charge in [-0.1, -0.05) is 19.3 Å². The first-order valence-corrected chi connectivity index (χ1v) is 7.43. The molecule has 3 N–H and O–H groups in total. The number of nitrogens with zero attached hydrogens (tertiary/aromatic N) is 1. The van der Waals surface area contributed by atoms with E-state index >= 15 is 0 Å². The number of nitrogens with two attached hydrogens (primary N) is 1. The normalized spacial score (nSPS) is 18.8. The Morgan fingerprint density at radius 1 is 1.31 bits per heavy atom. The molecule has 1 fully saturated rings. The van der Waals surface area contributed by atoms with Crippen LogP contribution < -0.4 is 5.73 Å². The van der Waals surface area contributed by atoms with E-state index in [0.29, 0.717) is 5.69 Å². The summed E-state index contributed by atoms with van der Waals surface area (Å²) in [7, 11) is -3.29. The van der Waals surface area contributed by atoms with Crippen molar-refractivity contribution in [3.63, 3.8) is 0 Å². The third-order valence-corrected chi connectivity index (χ3v) is 4.33. The van der Waals surface area contributed by atoms with Gasteiger partial charge in [0, 0.05) is 12.2 Å². The van der Waals surface area contributed by atoms with Crippen LogP contribution in [0.1, 0.15) is 43.7 Å². The second kappa shape index (κ2) is 4.08. The van der Waals surface area contributed by atoms with Crippen LogP contribution >= 0.6 is 0 Å². The maximum atomic E-state index is 11.6. The highest BCUT2D eigenvalue weighted by atomic mass is 32.2. The van der Waals surface area contributed by atoms with Gasteiger partial charge in [0.1, 0.15) is 4.90 Å². The fraction of sp³-hybridized carbons (Fsp3) is 0.700. The summed E-state index contributed by atoms with van der Waals surface area (Å²) in [6.45, 7) is 0. The number of H-pyrrole nitrogens is 1. The first-order chi connectivity index (χ1) is 7.50. The molecule has 0 spiro atoms. The standard InChI is InChI=1S/C10H17N3O2S/c1-16(14,15)9-8(12-13-10(9)11)7-5-3-2-4-6-7/h7H,2-6H2,1H3,(H3,11,12,13). The molecule has 5 nitrogen and oxygen atoms in total. The maximum absolute atomic E-state index is 11.6. The zero-order valence-corrected chi connectivity index (χ0v) is 10.2. The molecule has 2 rings (SSSR count). The molecule has 1 saturated carbocycles. The van der Waals surface area contributed by atoms with Crippen LogP contribution in [0.2, 0.25) is 0 Å². The lowest BCUT2D eigenvalue weighted by atomic mass is 9.87. The van der Waals surface area contributed by atoms with Crippen molar-refractivity contribution in [2.24, 2.45) is 0 Å². The predicted molar refractivity (Wildman–Crippen MR) is 61.9 cm³/mol. The molecule has 90 valence electrons. The topological polar surface area (TPSA) is 88.8 Å². The van der Waals surface area contributed by atoms with Gasteiger partial charge in [-0.15, -0.1) is 0 Å². The van der Waals surface area contributed by atoms with Crippen LogP contribution in [-0.4, -0.2) is 24.9 Å². The van der Waals surface area contributed by atoms with Gasteiger partial charge in [-0.2, -0.15) is 5.10 Å². The molecular weight excluding hydrogens is 226 g/mol. The molecule has 0 bridgehead atoms. The Balaban J connectivity index is 2.41. The Morgan fingerprint density at radius 3 is 2.50 bits per heavy atom. The lowest BCUT2D eigenvalue weighted by Crippen LogP contribution is -2.10. The highest BCUT2D eigenvalue weighted by Crippen LogP contribution is 2.36. The van der Waals surface area contributed by atoms with E-state index in [4.69, 9.17) is 5.73 Å². The zero-order chi connectivity index (χ0) is 11.8. The van der Waals surface area contributed by atoms with Crippen LogP contribution in [0.15, 0.2) is 4.90 Å². The number of hydrogen-bond donors (Lipinski definition) is 2. The summed E-state index contributed by atoms with van der Waals surface area (Å²) in [5.41, 5.74) is 6.32. The SMILES string of the molecule is CS(=O)(=O)c1c(N)n[nH]c1C1CCCCC1. The molecule has 0 atom stereocenters. The number of anilines is 1. The van der Waals surface area contributed by atoms with Crippen LogP contribution in [0.5, 0.6) is 0 Å². The number of sulfone groups is 1. The predicted octanol–water partition coefficient (Wildman–Crippen LogP) is 1.44. The summed E-state index contributed by atoms with van der Waals surface area (Å²) in [6.07, 6.45) is 6.74. The molecule has 0 radical (unpaired) electrons. The summed E-state index contributed by atoms with van der Waals surface area (Å²) in [6, 6.07) is 0. The van der Waals surface area contributed by atoms with Crippen molar-refractivity contribution in [3.05, 3.63) is 5.69 Å². The average molecular weight is 243 g/mol. The van der Waals surface area contributed by atoms with Gasteiger partial charge in [0.25, 0.3) is 0 Å². The molecule has 0 unspecified atom stereocenters. The van der Waals surface area contributed by atoms with Gasteiger partial charge in [-0.3, -0.25) is 5.10 Å². The Bertz CT molecular complexity index is 472. The van der Waals surface area contributed by atoms with E-state index in [-0.39, 0.29) is 16.6 Å². The van der Waals surface area contributed by atoms with E-state index in [1.54, 1.807) is 0 Å². The van der Waals surface area contributed by atoms with Gasteiger partial charge < -0.3 is 5.73 Å². The van der Waals surface area contributed by atoms with E-state index in [1.807, 2.05) is 0 Å². The molecule has 0 saturated heterocycles. The summed E-state index contributed by atoms with van der Waals surface area (Å²) < 4.78 is 23.3. The van der Waals surface area contributed by atoms with E-state index in [9.17, 15) is 8.42 Å². The number of aromatic amines is 1. The largest absolute Gasteiger partial charge is 0.381 e. The van der Waals surface area contributed by atoms with Gasteiger partial charge in [0.2, 0.25) is 0 Å². The Hall–Kier alpha value is -1.04. The second-order valence-electron chi connectivity index (χ2n) is 4.46. The minimum Gasteiger partial charge on any atom is -0.381 e. The molecule has 1 heterocycles. The third-order valence-electron chi connectivity index (χ3n) is 3.16. The van der Waals surface area contributed by atoms with E-state index in [1.165, 1.54) is 12.7 Å². The minimum absolute atomic E-state index is 0.100. The Kier molecular flexibility index (Phi) is 2.92. The monoisotopic (exact) mass is 243 g/mol. The third kappa shape index (κ3) is 2.07. The summed E-state index contributed by atoms with van der Waals surface area (Å²) >= 11 is 0. The molecule has 6 heteroatoms. The first kappa shape index (κ1) is 11.4. The van der Waals surface area contributed by atoms with Gasteiger partial charge in [-0.25, -0.2) is 8.42 Å². The first-order valence-electron chi connectivity index (χ1n) is 5.54. The fourth-order valence-corrected chi connectivity index (χ4v) is 3.45. The molecule has 1 aromatic heterocycles. The van der Waals surface area contributed by atoms with Crippen molar-refractivity contribution in [2.45, 2.75) is 42.9 Å². The van der Waals surface area contributed by atoms with Crippen LogP contribution in [-0.2, 0) is 9.84 Å². The maximum Gasteiger partial charge on any atom is 0.181 e. The number of nitrogens with one attached hydrogen (secondary N) is 1. The highest BCUT2D eigenvalue weighted by Gasteiger charge is 2.27. The van der Waals surface area contributed by atoms with Crippen molar-refractivity contribution in [1.82, 2.24) is 10.2 Å². The number of rotatable bonds is 2. The van der Waals surface area contributed by atoms with E-state index in [0.717, 1.165) is 25.7 Å². The van der Waals surface area contributed by atoms with Crippen molar-refractivity contribution in [2.75, 3.05) is 12.0 Å². The van der Waals surface area contributed by atoms with Gasteiger partial charge in [-0.05, 0) is 12.8 Å². The van der Waals surface area contributed by atoms with Crippen LogP contribution in [0.25, 0.3) is 0 Å². The fourth-order valence-electron chi connectivity index (χ4n) is 2.42. The molecule has 0 aromatic carbocycles. The molecule has 1 aliphatic rings. The molecule has 16 heavy (non-hydrogen) atoms. The summed E-state index contributed by atoms with van der Waals surface area (Å²) in [5, 5.41) is 6.63. The summed E-state index contributed by atoms with van der Waals surface area (Å²) in [4.78, 5) is 0.208. The molecular formula is C10H17N3O2S. The van der Waals surface area contributed by atoms with Crippen LogP contribution in [0.4, 0.5) is 5.82 Å². The molecule has 0 amide bonds. The molecule has 1 aromatic rings.